The lowest BCUT2D eigenvalue weighted by Crippen LogP contribution is -2.39. The molecule has 2 aromatic carbocycles. The largest absolute Gasteiger partial charge is 0.494 e. The number of anilines is 1. The number of aromatic nitrogens is 1. The van der Waals surface area contributed by atoms with Gasteiger partial charge in [-0.15, -0.1) is 0 Å². The number of amides is 1. The van der Waals surface area contributed by atoms with Crippen molar-refractivity contribution < 1.29 is 17.9 Å². The van der Waals surface area contributed by atoms with Crippen LogP contribution in [-0.2, 0) is 10.0 Å². The maximum Gasteiger partial charge on any atom is 0.260 e. The molecule has 220 valence electrons. The molecule has 0 unspecified atom stereocenters. The first-order valence-corrected chi connectivity index (χ1v) is 16.7. The number of carbonyl (C=O) groups is 1. The highest BCUT2D eigenvalue weighted by Crippen LogP contribution is 2.32. The fraction of sp³-hybridized carbons (Fsp3) is 0.533. The summed E-state index contributed by atoms with van der Waals surface area (Å²) in [5.41, 5.74) is 1.24. The van der Waals surface area contributed by atoms with Crippen LogP contribution in [0, 0.1) is 0 Å². The van der Waals surface area contributed by atoms with Crippen molar-refractivity contribution in [2.75, 3.05) is 50.8 Å². The zero-order valence-corrected chi connectivity index (χ0v) is 26.2. The topological polar surface area (TPSA) is 83.1 Å². The van der Waals surface area contributed by atoms with Crippen molar-refractivity contribution in [1.29, 1.82) is 0 Å². The number of ether oxygens (including phenoxy) is 1. The Hall–Kier alpha value is -2.53. The Morgan fingerprint density at radius 2 is 1.52 bits per heavy atom. The molecule has 0 saturated carbocycles. The van der Waals surface area contributed by atoms with Gasteiger partial charge < -0.3 is 9.64 Å². The van der Waals surface area contributed by atoms with Gasteiger partial charge in [-0.1, -0.05) is 51.9 Å². The maximum atomic E-state index is 13.8. The second kappa shape index (κ2) is 15.5. The third-order valence-electron chi connectivity index (χ3n) is 6.93. The highest BCUT2D eigenvalue weighted by Gasteiger charge is 2.26. The predicted octanol–water partition coefficient (Wildman–Crippen LogP) is 6.27. The number of rotatable bonds is 17. The van der Waals surface area contributed by atoms with Crippen LogP contribution in [0.4, 0.5) is 5.13 Å². The fourth-order valence-electron chi connectivity index (χ4n) is 4.43. The first kappa shape index (κ1) is 32.0. The first-order valence-electron chi connectivity index (χ1n) is 14.5. The minimum absolute atomic E-state index is 0.200. The van der Waals surface area contributed by atoms with Crippen LogP contribution in [-0.4, -0.2) is 74.4 Å². The van der Waals surface area contributed by atoms with Crippen LogP contribution < -0.4 is 9.64 Å². The van der Waals surface area contributed by atoms with Gasteiger partial charge in [0.1, 0.15) is 5.75 Å². The number of unbranched alkanes of at least 4 members (excludes halogenated alkanes) is 2. The number of thiazole rings is 1. The van der Waals surface area contributed by atoms with Gasteiger partial charge in [0.2, 0.25) is 10.0 Å². The van der Waals surface area contributed by atoms with Crippen molar-refractivity contribution in [1.82, 2.24) is 14.2 Å². The fourth-order valence-corrected chi connectivity index (χ4v) is 6.96. The number of nitrogens with zero attached hydrogens (tertiary/aromatic N) is 4. The van der Waals surface area contributed by atoms with Gasteiger partial charge in [0.15, 0.2) is 5.13 Å². The highest BCUT2D eigenvalue weighted by molar-refractivity contribution is 7.89. The Balaban J connectivity index is 1.91. The summed E-state index contributed by atoms with van der Waals surface area (Å²) in [5, 5.41) is 0.614. The molecule has 0 atom stereocenters. The average Bonchev–Trinajstić information content (AvgIpc) is 3.38. The average molecular weight is 589 g/mol. The number of benzene rings is 2. The number of fused-ring (bicyclic) bond motifs is 1. The third kappa shape index (κ3) is 8.02. The van der Waals surface area contributed by atoms with Crippen molar-refractivity contribution in [2.45, 2.75) is 65.2 Å². The molecule has 0 bridgehead atoms. The molecule has 1 amide bonds. The molecule has 1 aromatic heterocycles. The minimum Gasteiger partial charge on any atom is -0.494 e. The summed E-state index contributed by atoms with van der Waals surface area (Å²) in [6, 6.07) is 12.1. The number of likely N-dealkylation sites (N-methyl/N-ethyl adjacent to an activating group) is 1. The third-order valence-corrected chi connectivity index (χ3v) is 9.89. The van der Waals surface area contributed by atoms with Gasteiger partial charge in [-0.3, -0.25) is 9.69 Å². The predicted molar refractivity (Wildman–Crippen MR) is 165 cm³/mol. The molecule has 3 rings (SSSR count). The molecule has 0 aliphatic carbocycles. The quantitative estimate of drug-likeness (QED) is 0.185. The Morgan fingerprint density at radius 1 is 0.875 bits per heavy atom. The van der Waals surface area contributed by atoms with Crippen molar-refractivity contribution in [3.63, 3.8) is 0 Å². The maximum absolute atomic E-state index is 13.8. The summed E-state index contributed by atoms with van der Waals surface area (Å²) in [4.78, 5) is 22.8. The second-order valence-corrected chi connectivity index (χ2v) is 12.6. The van der Waals surface area contributed by atoms with E-state index in [2.05, 4.69) is 32.6 Å². The molecule has 1 heterocycles. The van der Waals surface area contributed by atoms with Crippen molar-refractivity contribution >= 4 is 42.6 Å². The van der Waals surface area contributed by atoms with E-state index in [1.54, 1.807) is 33.5 Å². The molecule has 0 N–H and O–H groups in total. The monoisotopic (exact) mass is 588 g/mol. The van der Waals surface area contributed by atoms with Crippen LogP contribution in [0.3, 0.4) is 0 Å². The van der Waals surface area contributed by atoms with E-state index in [4.69, 9.17) is 9.72 Å². The van der Waals surface area contributed by atoms with Crippen LogP contribution in [0.1, 0.15) is 70.7 Å². The number of carbonyl (C=O) groups excluding carboxylic acids is 1. The van der Waals surface area contributed by atoms with Gasteiger partial charge in [0.05, 0.1) is 21.7 Å². The highest BCUT2D eigenvalue weighted by atomic mass is 32.2. The molecular formula is C30H44N4O4S2. The smallest absolute Gasteiger partial charge is 0.260 e. The van der Waals surface area contributed by atoms with Gasteiger partial charge in [0.25, 0.3) is 5.91 Å². The van der Waals surface area contributed by atoms with Crippen LogP contribution in [0.5, 0.6) is 5.75 Å². The Morgan fingerprint density at radius 3 is 2.10 bits per heavy atom. The lowest BCUT2D eigenvalue weighted by Gasteiger charge is -2.25. The lowest BCUT2D eigenvalue weighted by atomic mass is 10.2. The molecule has 0 radical (unpaired) electrons. The SMILES string of the molecule is CCCCN(CCCC)S(=O)(=O)c1ccc(C(=O)N(CCN(CC)CC)c2nc3ccc(OCC)cc3s2)cc1. The molecular weight excluding hydrogens is 544 g/mol. The summed E-state index contributed by atoms with van der Waals surface area (Å²) in [6.07, 6.45) is 3.48. The van der Waals surface area contributed by atoms with E-state index >= 15 is 0 Å². The Bertz CT molecular complexity index is 1310. The van der Waals surface area contributed by atoms with Crippen molar-refractivity contribution in [2.24, 2.45) is 0 Å². The minimum atomic E-state index is -3.64. The Labute approximate surface area is 244 Å². The molecule has 0 saturated heterocycles. The van der Waals surface area contributed by atoms with Gasteiger partial charge >= 0.3 is 0 Å². The standard InChI is InChI=1S/C30H44N4O4S2/c1-6-11-19-33(20-12-7-2)40(36,37)26-16-13-24(14-17-26)29(35)34(22-21-32(8-3)9-4)30-31-27-18-15-25(38-10-5)23-28(27)39-30/h13-18,23H,6-12,19-22H2,1-5H3. The zero-order chi connectivity index (χ0) is 29.1. The van der Waals surface area contributed by atoms with Crippen molar-refractivity contribution in [3.05, 3.63) is 48.0 Å². The summed E-state index contributed by atoms with van der Waals surface area (Å²) in [6.45, 7) is 14.8. The van der Waals surface area contributed by atoms with Crippen LogP contribution >= 0.6 is 11.3 Å². The first-order chi connectivity index (χ1) is 19.3. The summed E-state index contributed by atoms with van der Waals surface area (Å²) in [5.74, 6) is 0.573. The zero-order valence-electron chi connectivity index (χ0n) is 24.6. The molecule has 0 aliphatic heterocycles. The second-order valence-electron chi connectivity index (χ2n) is 9.68. The summed E-state index contributed by atoms with van der Waals surface area (Å²) in [7, 11) is -3.64. The Kier molecular flexibility index (Phi) is 12.4. The van der Waals surface area contributed by atoms with Gasteiger partial charge in [-0.05, 0) is 75.3 Å². The van der Waals surface area contributed by atoms with E-state index in [1.807, 2.05) is 25.1 Å². The van der Waals surface area contributed by atoms with Crippen LogP contribution in [0.15, 0.2) is 47.4 Å². The molecule has 0 aliphatic rings. The van der Waals surface area contributed by atoms with Crippen LogP contribution in [0.2, 0.25) is 0 Å². The van der Waals surface area contributed by atoms with E-state index < -0.39 is 10.0 Å². The number of hydrogen-bond acceptors (Lipinski definition) is 7. The molecule has 0 spiro atoms. The van der Waals surface area contributed by atoms with Crippen molar-refractivity contribution in [3.8, 4) is 5.75 Å². The van der Waals surface area contributed by atoms with E-state index in [9.17, 15) is 13.2 Å². The molecule has 8 nitrogen and oxygen atoms in total. The van der Waals surface area contributed by atoms with Gasteiger partial charge in [-0.2, -0.15) is 4.31 Å². The number of sulfonamides is 1. The number of hydrogen-bond donors (Lipinski definition) is 0. The molecule has 0 fully saturated rings. The molecule has 10 heteroatoms. The van der Waals surface area contributed by atoms with Crippen LogP contribution in [0.25, 0.3) is 10.2 Å². The van der Waals surface area contributed by atoms with E-state index in [0.29, 0.717) is 43.5 Å². The summed E-state index contributed by atoms with van der Waals surface area (Å²) >= 11 is 1.45. The van der Waals surface area contributed by atoms with E-state index in [1.165, 1.54) is 11.3 Å². The molecule has 40 heavy (non-hydrogen) atoms. The normalized spacial score (nSPS) is 12.0. The lowest BCUT2D eigenvalue weighted by molar-refractivity contribution is 0.0983. The van der Waals surface area contributed by atoms with Gasteiger partial charge in [0, 0.05) is 31.7 Å². The summed E-state index contributed by atoms with van der Waals surface area (Å²) < 4.78 is 35.0. The van der Waals surface area contributed by atoms with E-state index in [-0.39, 0.29) is 10.8 Å². The van der Waals surface area contributed by atoms with E-state index in [0.717, 1.165) is 54.7 Å². The van der Waals surface area contributed by atoms with Gasteiger partial charge in [-0.25, -0.2) is 13.4 Å². The molecule has 3 aromatic rings.